The summed E-state index contributed by atoms with van der Waals surface area (Å²) in [7, 11) is -4.16. The second-order valence-electron chi connectivity index (χ2n) is 3.90. The Morgan fingerprint density at radius 2 is 1.75 bits per heavy atom. The van der Waals surface area contributed by atoms with E-state index in [2.05, 4.69) is 0 Å². The van der Waals surface area contributed by atoms with Gasteiger partial charge in [-0.3, -0.25) is 0 Å². The third-order valence-corrected chi connectivity index (χ3v) is 3.93. The second-order valence-corrected chi connectivity index (χ2v) is 5.55. The molecule has 2 unspecified atom stereocenters. The Kier molecular flexibility index (Phi) is 11.8. The molecule has 0 aromatic carbocycles. The van der Waals surface area contributed by atoms with Crippen LogP contribution in [0.25, 0.3) is 0 Å². The fourth-order valence-corrected chi connectivity index (χ4v) is 2.47. The van der Waals surface area contributed by atoms with E-state index in [1.54, 1.807) is 6.92 Å². The number of aliphatic hydroxyl groups excluding tert-OH is 1. The van der Waals surface area contributed by atoms with Crippen molar-refractivity contribution in [3.8, 4) is 0 Å². The molecular weight excluding hydrogens is 239 g/mol. The van der Waals surface area contributed by atoms with Gasteiger partial charge in [-0.1, -0.05) is 20.3 Å². The van der Waals surface area contributed by atoms with Crippen molar-refractivity contribution < 1.29 is 47.6 Å². The topological polar surface area (TPSA) is 77.4 Å². The smallest absolute Gasteiger partial charge is 0.748 e. The zero-order chi connectivity index (χ0) is 11.9. The van der Waals surface area contributed by atoms with Crippen molar-refractivity contribution in [1.82, 2.24) is 0 Å². The molecule has 0 aromatic heterocycles. The molecule has 0 aliphatic heterocycles. The second kappa shape index (κ2) is 9.85. The summed E-state index contributed by atoms with van der Waals surface area (Å²) in [6.07, 6.45) is 3.20. The molecular formula is C10H21NaO4S. The zero-order valence-electron chi connectivity index (χ0n) is 10.5. The van der Waals surface area contributed by atoms with Gasteiger partial charge in [-0.25, -0.2) is 8.42 Å². The van der Waals surface area contributed by atoms with E-state index in [1.807, 2.05) is 6.92 Å². The monoisotopic (exact) mass is 260 g/mol. The molecule has 0 saturated heterocycles. The van der Waals surface area contributed by atoms with E-state index in [1.165, 1.54) is 0 Å². The summed E-state index contributed by atoms with van der Waals surface area (Å²) in [5.74, 6) is 0. The van der Waals surface area contributed by atoms with E-state index in [9.17, 15) is 18.1 Å². The number of aliphatic hydroxyl groups is 1. The van der Waals surface area contributed by atoms with Crippen LogP contribution in [0.2, 0.25) is 0 Å². The minimum Gasteiger partial charge on any atom is -0.748 e. The molecule has 0 bridgehead atoms. The Bertz CT molecular complexity index is 254. The molecule has 0 aliphatic carbocycles. The Labute approximate surface area is 121 Å². The molecule has 16 heavy (non-hydrogen) atoms. The first-order valence-electron chi connectivity index (χ1n) is 5.54. The molecule has 0 spiro atoms. The standard InChI is InChI=1S/C10H22O4S.Na/c1-3-6-9(11)7-5-8-10(4-2)15(12,13)14;/h9-11H,3-8H2,1-2H3,(H,12,13,14);/q;+1/p-1. The molecule has 92 valence electrons. The minimum atomic E-state index is -4.16. The van der Waals surface area contributed by atoms with E-state index in [4.69, 9.17) is 0 Å². The summed E-state index contributed by atoms with van der Waals surface area (Å²) in [5, 5.41) is 8.62. The van der Waals surface area contributed by atoms with E-state index >= 15 is 0 Å². The summed E-state index contributed by atoms with van der Waals surface area (Å²) < 4.78 is 32.2. The van der Waals surface area contributed by atoms with Crippen LogP contribution in [0.5, 0.6) is 0 Å². The molecule has 0 aliphatic rings. The SMILES string of the molecule is CCCC(O)CCCC(CC)S(=O)(=O)[O-].[Na+]. The first-order valence-corrected chi connectivity index (χ1v) is 7.01. The van der Waals surface area contributed by atoms with Crippen LogP contribution in [-0.2, 0) is 10.1 Å². The average Bonchev–Trinajstić information content (AvgIpc) is 2.10. The summed E-state index contributed by atoms with van der Waals surface area (Å²) >= 11 is 0. The van der Waals surface area contributed by atoms with Crippen LogP contribution in [0, 0.1) is 0 Å². The van der Waals surface area contributed by atoms with Crippen LogP contribution >= 0.6 is 0 Å². The quantitative estimate of drug-likeness (QED) is 0.432. The van der Waals surface area contributed by atoms with E-state index in [0.717, 1.165) is 12.8 Å². The van der Waals surface area contributed by atoms with Crippen LogP contribution in [0.15, 0.2) is 0 Å². The molecule has 0 aromatic rings. The average molecular weight is 260 g/mol. The van der Waals surface area contributed by atoms with Gasteiger partial charge in [-0.15, -0.1) is 0 Å². The zero-order valence-corrected chi connectivity index (χ0v) is 13.3. The van der Waals surface area contributed by atoms with Crippen molar-refractivity contribution in [3.63, 3.8) is 0 Å². The van der Waals surface area contributed by atoms with Crippen molar-refractivity contribution in [3.05, 3.63) is 0 Å². The van der Waals surface area contributed by atoms with Crippen LogP contribution in [0.3, 0.4) is 0 Å². The predicted octanol–water partition coefficient (Wildman–Crippen LogP) is -1.35. The van der Waals surface area contributed by atoms with Crippen LogP contribution < -0.4 is 29.6 Å². The summed E-state index contributed by atoms with van der Waals surface area (Å²) in [6.45, 7) is 3.68. The molecule has 4 nitrogen and oxygen atoms in total. The maximum Gasteiger partial charge on any atom is 1.00 e. The first-order chi connectivity index (χ1) is 6.91. The van der Waals surface area contributed by atoms with Gasteiger partial charge in [0.2, 0.25) is 0 Å². The molecule has 0 amide bonds. The summed E-state index contributed by atoms with van der Waals surface area (Å²) in [4.78, 5) is 0. The number of hydrogen-bond donors (Lipinski definition) is 1. The van der Waals surface area contributed by atoms with Gasteiger partial charge in [-0.05, 0) is 32.1 Å². The van der Waals surface area contributed by atoms with Gasteiger partial charge in [0, 0.05) is 5.25 Å². The maximum atomic E-state index is 10.7. The molecule has 0 radical (unpaired) electrons. The van der Waals surface area contributed by atoms with Crippen molar-refractivity contribution in [2.75, 3.05) is 0 Å². The third kappa shape index (κ3) is 8.96. The third-order valence-electron chi connectivity index (χ3n) is 2.55. The first kappa shape index (κ1) is 19.2. The Hall–Kier alpha value is 0.870. The van der Waals surface area contributed by atoms with E-state index in [0.29, 0.717) is 25.7 Å². The normalized spacial score (nSPS) is 15.2. The summed E-state index contributed by atoms with van der Waals surface area (Å²) in [6, 6.07) is 0. The molecule has 6 heteroatoms. The van der Waals surface area contributed by atoms with E-state index < -0.39 is 15.4 Å². The van der Waals surface area contributed by atoms with Gasteiger partial charge in [0.25, 0.3) is 0 Å². The Morgan fingerprint density at radius 1 is 1.19 bits per heavy atom. The van der Waals surface area contributed by atoms with Gasteiger partial charge >= 0.3 is 29.6 Å². The van der Waals surface area contributed by atoms with Crippen molar-refractivity contribution >= 4 is 10.1 Å². The fourth-order valence-electron chi connectivity index (χ4n) is 1.61. The van der Waals surface area contributed by atoms with E-state index in [-0.39, 0.29) is 35.7 Å². The van der Waals surface area contributed by atoms with Gasteiger partial charge < -0.3 is 9.66 Å². The molecule has 0 rings (SSSR count). The minimum absolute atomic E-state index is 0. The summed E-state index contributed by atoms with van der Waals surface area (Å²) in [5.41, 5.74) is 0. The molecule has 2 atom stereocenters. The van der Waals surface area contributed by atoms with Crippen LogP contribution in [0.1, 0.15) is 52.4 Å². The van der Waals surface area contributed by atoms with Crippen molar-refractivity contribution in [1.29, 1.82) is 0 Å². The number of hydrogen-bond acceptors (Lipinski definition) is 4. The Balaban J connectivity index is 0. The van der Waals surface area contributed by atoms with Gasteiger partial charge in [-0.2, -0.15) is 0 Å². The van der Waals surface area contributed by atoms with Gasteiger partial charge in [0.15, 0.2) is 0 Å². The predicted molar refractivity (Wildman–Crippen MR) is 58.5 cm³/mol. The Morgan fingerprint density at radius 3 is 2.12 bits per heavy atom. The largest absolute Gasteiger partial charge is 1.00 e. The number of rotatable bonds is 8. The maximum absolute atomic E-state index is 10.7. The molecule has 0 saturated carbocycles. The van der Waals surface area contributed by atoms with Crippen molar-refractivity contribution in [2.45, 2.75) is 63.7 Å². The van der Waals surface area contributed by atoms with Crippen LogP contribution in [0.4, 0.5) is 0 Å². The van der Waals surface area contributed by atoms with Crippen LogP contribution in [-0.4, -0.2) is 29.4 Å². The van der Waals surface area contributed by atoms with Crippen molar-refractivity contribution in [2.24, 2.45) is 0 Å². The molecule has 0 fully saturated rings. The van der Waals surface area contributed by atoms with Gasteiger partial charge in [0.05, 0.1) is 16.2 Å². The van der Waals surface area contributed by atoms with Gasteiger partial charge in [0.1, 0.15) is 0 Å². The molecule has 0 heterocycles. The molecule has 1 N–H and O–H groups in total. The fraction of sp³-hybridized carbons (Fsp3) is 1.00.